The standard InChI is InChI=1S/C30H28N2O4/c1-35-26-12-6-10-23(18-26)30(34)31-25-11-5-9-22(17-25)28-19-24-20-32(16-15-27(24)36-28)29(33)14-13-21-7-3-2-4-8-21/h2-12,17-19H,13-16,20H2,1H3,(H,31,34). The topological polar surface area (TPSA) is 71.8 Å². The lowest BCUT2D eigenvalue weighted by Crippen LogP contribution is -2.35. The number of methoxy groups -OCH3 is 1. The van der Waals surface area contributed by atoms with E-state index in [1.54, 1.807) is 31.4 Å². The summed E-state index contributed by atoms with van der Waals surface area (Å²) in [5.41, 5.74) is 4.27. The number of carbonyl (C=O) groups excluding carboxylic acids is 2. The van der Waals surface area contributed by atoms with Gasteiger partial charge >= 0.3 is 0 Å². The van der Waals surface area contributed by atoms with Crippen molar-refractivity contribution in [2.24, 2.45) is 0 Å². The Morgan fingerprint density at radius 2 is 1.81 bits per heavy atom. The molecule has 2 amide bonds. The number of aryl methyl sites for hydroxylation is 1. The molecule has 0 spiro atoms. The van der Waals surface area contributed by atoms with Crippen LogP contribution < -0.4 is 10.1 Å². The number of hydrogen-bond acceptors (Lipinski definition) is 4. The Kier molecular flexibility index (Phi) is 6.85. The molecule has 6 nitrogen and oxygen atoms in total. The maximum Gasteiger partial charge on any atom is 0.255 e. The second-order valence-electron chi connectivity index (χ2n) is 8.88. The molecule has 2 heterocycles. The fraction of sp³-hybridized carbons (Fsp3) is 0.200. The van der Waals surface area contributed by atoms with Crippen LogP contribution in [0.25, 0.3) is 11.3 Å². The molecule has 36 heavy (non-hydrogen) atoms. The second kappa shape index (κ2) is 10.5. The smallest absolute Gasteiger partial charge is 0.255 e. The van der Waals surface area contributed by atoms with Gasteiger partial charge in [-0.05, 0) is 48.4 Å². The van der Waals surface area contributed by atoms with Crippen LogP contribution >= 0.6 is 0 Å². The van der Waals surface area contributed by atoms with Gasteiger partial charge in [-0.1, -0.05) is 48.5 Å². The van der Waals surface area contributed by atoms with Gasteiger partial charge < -0.3 is 19.4 Å². The zero-order valence-electron chi connectivity index (χ0n) is 20.2. The van der Waals surface area contributed by atoms with Crippen molar-refractivity contribution in [1.82, 2.24) is 4.90 Å². The summed E-state index contributed by atoms with van der Waals surface area (Å²) in [5, 5.41) is 2.94. The van der Waals surface area contributed by atoms with Crippen LogP contribution in [0.3, 0.4) is 0 Å². The van der Waals surface area contributed by atoms with E-state index in [1.807, 2.05) is 53.4 Å². The van der Waals surface area contributed by atoms with Crippen LogP contribution in [0.4, 0.5) is 5.69 Å². The van der Waals surface area contributed by atoms with Crippen molar-refractivity contribution in [3.63, 3.8) is 0 Å². The Morgan fingerprint density at radius 3 is 2.64 bits per heavy atom. The molecule has 1 aliphatic heterocycles. The monoisotopic (exact) mass is 480 g/mol. The number of carbonyl (C=O) groups is 2. The van der Waals surface area contributed by atoms with E-state index in [4.69, 9.17) is 9.15 Å². The van der Waals surface area contributed by atoms with Crippen molar-refractivity contribution in [3.8, 4) is 17.1 Å². The molecular weight excluding hydrogens is 452 g/mol. The predicted molar refractivity (Wildman–Crippen MR) is 139 cm³/mol. The third-order valence-electron chi connectivity index (χ3n) is 6.43. The fourth-order valence-electron chi connectivity index (χ4n) is 4.46. The highest BCUT2D eigenvalue weighted by atomic mass is 16.5. The number of fused-ring (bicyclic) bond motifs is 1. The van der Waals surface area contributed by atoms with Gasteiger partial charge in [0.1, 0.15) is 17.3 Å². The van der Waals surface area contributed by atoms with Crippen LogP contribution in [0.5, 0.6) is 5.75 Å². The lowest BCUT2D eigenvalue weighted by molar-refractivity contribution is -0.132. The molecule has 1 N–H and O–H groups in total. The lowest BCUT2D eigenvalue weighted by atomic mass is 10.1. The molecule has 0 atom stereocenters. The van der Waals surface area contributed by atoms with Gasteiger partial charge in [0, 0.05) is 48.3 Å². The quantitative estimate of drug-likeness (QED) is 0.367. The van der Waals surface area contributed by atoms with E-state index in [-0.39, 0.29) is 11.8 Å². The van der Waals surface area contributed by atoms with Gasteiger partial charge in [-0.15, -0.1) is 0 Å². The average Bonchev–Trinajstić information content (AvgIpc) is 3.36. The molecule has 0 aliphatic carbocycles. The molecule has 0 bridgehead atoms. The minimum absolute atomic E-state index is 0.162. The van der Waals surface area contributed by atoms with Crippen molar-refractivity contribution >= 4 is 17.5 Å². The molecule has 0 radical (unpaired) electrons. The number of nitrogens with zero attached hydrogens (tertiary/aromatic N) is 1. The molecule has 0 unspecified atom stereocenters. The van der Waals surface area contributed by atoms with Gasteiger partial charge in [0.15, 0.2) is 0 Å². The van der Waals surface area contributed by atoms with Crippen LogP contribution in [0.1, 0.15) is 33.7 Å². The number of rotatable bonds is 7. The highest BCUT2D eigenvalue weighted by Gasteiger charge is 2.24. The summed E-state index contributed by atoms with van der Waals surface area (Å²) in [6, 6.07) is 26.7. The zero-order valence-corrected chi connectivity index (χ0v) is 20.2. The molecule has 3 aromatic carbocycles. The summed E-state index contributed by atoms with van der Waals surface area (Å²) >= 11 is 0. The summed E-state index contributed by atoms with van der Waals surface area (Å²) in [5.74, 6) is 2.23. The molecule has 6 heteroatoms. The van der Waals surface area contributed by atoms with Crippen LogP contribution in [0.15, 0.2) is 89.3 Å². The summed E-state index contributed by atoms with van der Waals surface area (Å²) in [4.78, 5) is 27.4. The number of hydrogen-bond donors (Lipinski definition) is 1. The van der Waals surface area contributed by atoms with Crippen molar-refractivity contribution in [2.45, 2.75) is 25.8 Å². The van der Waals surface area contributed by atoms with E-state index in [0.29, 0.717) is 42.9 Å². The zero-order chi connectivity index (χ0) is 24.9. The minimum Gasteiger partial charge on any atom is -0.497 e. The predicted octanol–water partition coefficient (Wildman–Crippen LogP) is 5.73. The summed E-state index contributed by atoms with van der Waals surface area (Å²) in [6.07, 6.45) is 1.94. The Labute approximate surface area is 210 Å². The van der Waals surface area contributed by atoms with E-state index in [9.17, 15) is 9.59 Å². The van der Waals surface area contributed by atoms with E-state index >= 15 is 0 Å². The third-order valence-corrected chi connectivity index (χ3v) is 6.43. The summed E-state index contributed by atoms with van der Waals surface area (Å²) in [7, 11) is 1.57. The SMILES string of the molecule is COc1cccc(C(=O)Nc2cccc(-c3cc4c(o3)CCN(C(=O)CCc3ccccc3)C4)c2)c1. The van der Waals surface area contributed by atoms with Crippen LogP contribution in [-0.2, 0) is 24.2 Å². The largest absolute Gasteiger partial charge is 0.497 e. The van der Waals surface area contributed by atoms with Crippen molar-refractivity contribution in [3.05, 3.63) is 107 Å². The number of amides is 2. The van der Waals surface area contributed by atoms with Crippen molar-refractivity contribution in [1.29, 1.82) is 0 Å². The Balaban J connectivity index is 1.25. The van der Waals surface area contributed by atoms with E-state index in [2.05, 4.69) is 17.4 Å². The molecule has 4 aromatic rings. The molecule has 0 saturated heterocycles. The first-order chi connectivity index (χ1) is 17.6. The number of nitrogens with one attached hydrogen (secondary N) is 1. The summed E-state index contributed by atoms with van der Waals surface area (Å²) in [6.45, 7) is 1.21. The lowest BCUT2D eigenvalue weighted by Gasteiger charge is -2.26. The maximum absolute atomic E-state index is 12.8. The van der Waals surface area contributed by atoms with Gasteiger partial charge in [0.2, 0.25) is 5.91 Å². The maximum atomic E-state index is 12.8. The Morgan fingerprint density at radius 1 is 0.972 bits per heavy atom. The van der Waals surface area contributed by atoms with E-state index in [0.717, 1.165) is 29.1 Å². The van der Waals surface area contributed by atoms with E-state index < -0.39 is 0 Å². The van der Waals surface area contributed by atoms with E-state index in [1.165, 1.54) is 5.56 Å². The van der Waals surface area contributed by atoms with Gasteiger partial charge in [-0.25, -0.2) is 0 Å². The Hall–Kier alpha value is -4.32. The van der Waals surface area contributed by atoms with Crippen molar-refractivity contribution in [2.75, 3.05) is 19.0 Å². The van der Waals surface area contributed by atoms with Gasteiger partial charge in [0.05, 0.1) is 7.11 Å². The number of ether oxygens (including phenoxy) is 1. The normalized spacial score (nSPS) is 12.6. The molecular formula is C30H28N2O4. The number of anilines is 1. The van der Waals surface area contributed by atoms with Gasteiger partial charge in [-0.3, -0.25) is 9.59 Å². The number of benzene rings is 3. The molecule has 5 rings (SSSR count). The molecule has 182 valence electrons. The van der Waals surface area contributed by atoms with Crippen molar-refractivity contribution < 1.29 is 18.7 Å². The minimum atomic E-state index is -0.213. The Bertz CT molecular complexity index is 1380. The fourth-order valence-corrected chi connectivity index (χ4v) is 4.46. The molecule has 0 fully saturated rings. The summed E-state index contributed by atoms with van der Waals surface area (Å²) < 4.78 is 11.4. The first kappa shape index (κ1) is 23.4. The van der Waals surface area contributed by atoms with Crippen LogP contribution in [0.2, 0.25) is 0 Å². The van der Waals surface area contributed by atoms with Gasteiger partial charge in [-0.2, -0.15) is 0 Å². The number of furan rings is 1. The first-order valence-corrected chi connectivity index (χ1v) is 12.1. The third kappa shape index (κ3) is 5.33. The highest BCUT2D eigenvalue weighted by Crippen LogP contribution is 2.31. The molecule has 0 saturated carbocycles. The average molecular weight is 481 g/mol. The van der Waals surface area contributed by atoms with Crippen LogP contribution in [-0.4, -0.2) is 30.4 Å². The highest BCUT2D eigenvalue weighted by molar-refractivity contribution is 6.04. The second-order valence-corrected chi connectivity index (χ2v) is 8.88. The molecule has 1 aliphatic rings. The van der Waals surface area contributed by atoms with Crippen LogP contribution in [0, 0.1) is 0 Å². The van der Waals surface area contributed by atoms with Gasteiger partial charge in [0.25, 0.3) is 5.91 Å². The molecule has 1 aromatic heterocycles. The first-order valence-electron chi connectivity index (χ1n) is 12.1.